The zero-order valence-electron chi connectivity index (χ0n) is 24.5. The van der Waals surface area contributed by atoms with Crippen LogP contribution in [0.4, 0.5) is 0 Å². The molecule has 0 aliphatic carbocycles. The molecule has 4 aromatic rings. The molecule has 1 aromatic heterocycles. The second-order valence-corrected chi connectivity index (χ2v) is 10.9. The molecular formula is C33H32ClN5O4S. The number of nitrogens with one attached hydrogen (secondary N) is 3. The quantitative estimate of drug-likeness (QED) is 0.0916. The summed E-state index contributed by atoms with van der Waals surface area (Å²) in [6, 6.07) is 22.3. The van der Waals surface area contributed by atoms with Crippen molar-refractivity contribution in [3.05, 3.63) is 111 Å². The second kappa shape index (κ2) is 13.7. The van der Waals surface area contributed by atoms with Gasteiger partial charge < -0.3 is 24.7 Å². The fourth-order valence-electron chi connectivity index (χ4n) is 5.22. The largest absolute Gasteiger partial charge is 0.483 e. The molecule has 3 aromatic carbocycles. The van der Waals surface area contributed by atoms with Gasteiger partial charge in [0.25, 0.3) is 5.91 Å². The minimum absolute atomic E-state index is 0.229. The van der Waals surface area contributed by atoms with Crippen molar-refractivity contribution in [3.8, 4) is 5.75 Å². The predicted octanol–water partition coefficient (Wildman–Crippen LogP) is 5.54. The molecule has 1 aliphatic rings. The van der Waals surface area contributed by atoms with Crippen molar-refractivity contribution < 1.29 is 19.1 Å². The number of hydrogen-bond donors (Lipinski definition) is 3. The van der Waals surface area contributed by atoms with Gasteiger partial charge in [0.05, 0.1) is 24.4 Å². The molecule has 44 heavy (non-hydrogen) atoms. The van der Waals surface area contributed by atoms with Crippen molar-refractivity contribution in [2.45, 2.75) is 33.4 Å². The Morgan fingerprint density at radius 3 is 2.59 bits per heavy atom. The second-order valence-electron chi connectivity index (χ2n) is 10.1. The van der Waals surface area contributed by atoms with Crippen molar-refractivity contribution in [1.29, 1.82) is 0 Å². The minimum Gasteiger partial charge on any atom is -0.483 e. The number of hydrogen-bond acceptors (Lipinski definition) is 6. The highest BCUT2D eigenvalue weighted by molar-refractivity contribution is 7.80. The lowest BCUT2D eigenvalue weighted by Gasteiger charge is -2.30. The molecule has 0 saturated carbocycles. The van der Waals surface area contributed by atoms with Gasteiger partial charge in [0.2, 0.25) is 0 Å². The molecule has 3 N–H and O–H groups in total. The third-order valence-electron chi connectivity index (χ3n) is 7.30. The third kappa shape index (κ3) is 6.61. The molecule has 226 valence electrons. The van der Waals surface area contributed by atoms with E-state index in [1.807, 2.05) is 67.6 Å². The lowest BCUT2D eigenvalue weighted by Crippen LogP contribution is -2.45. The average molecular weight is 630 g/mol. The van der Waals surface area contributed by atoms with Crippen molar-refractivity contribution in [1.82, 2.24) is 20.6 Å². The lowest BCUT2D eigenvalue weighted by molar-refractivity contribution is -0.139. The van der Waals surface area contributed by atoms with Crippen LogP contribution in [-0.2, 0) is 20.9 Å². The fraction of sp³-hybridized carbons (Fsp3) is 0.212. The fourth-order valence-corrected chi connectivity index (χ4v) is 5.69. The van der Waals surface area contributed by atoms with E-state index in [9.17, 15) is 9.59 Å². The Bertz CT molecular complexity index is 1800. The summed E-state index contributed by atoms with van der Waals surface area (Å²) in [4.78, 5) is 25.6. The molecule has 0 radical (unpaired) electrons. The van der Waals surface area contributed by atoms with E-state index in [2.05, 4.69) is 25.7 Å². The van der Waals surface area contributed by atoms with Crippen LogP contribution < -0.4 is 20.8 Å². The first kappa shape index (κ1) is 30.8. The summed E-state index contributed by atoms with van der Waals surface area (Å²) in [6.07, 6.45) is 1.64. The first-order valence-corrected chi connectivity index (χ1v) is 14.9. The number of esters is 1. The van der Waals surface area contributed by atoms with Gasteiger partial charge in [-0.05, 0) is 56.8 Å². The molecule has 0 unspecified atom stereocenters. The van der Waals surface area contributed by atoms with Crippen LogP contribution in [0.25, 0.3) is 10.9 Å². The summed E-state index contributed by atoms with van der Waals surface area (Å²) in [6.45, 7) is 6.05. The monoisotopic (exact) mass is 629 g/mol. The van der Waals surface area contributed by atoms with Gasteiger partial charge in [-0.1, -0.05) is 66.2 Å². The number of para-hydroxylation sites is 2. The highest BCUT2D eigenvalue weighted by Crippen LogP contribution is 2.33. The van der Waals surface area contributed by atoms with Gasteiger partial charge in [-0.3, -0.25) is 4.79 Å². The number of nitrogens with zero attached hydrogens (tertiary/aromatic N) is 2. The van der Waals surface area contributed by atoms with Crippen molar-refractivity contribution in [3.63, 3.8) is 0 Å². The number of allylic oxidation sites excluding steroid dienone is 1. The summed E-state index contributed by atoms with van der Waals surface area (Å²) in [5.41, 5.74) is 8.09. The molecule has 0 bridgehead atoms. The van der Waals surface area contributed by atoms with E-state index in [0.717, 1.165) is 27.7 Å². The Labute approximate surface area is 265 Å². The lowest BCUT2D eigenvalue weighted by atomic mass is 9.95. The maximum atomic E-state index is 12.8. The van der Waals surface area contributed by atoms with E-state index in [1.165, 1.54) is 0 Å². The normalized spacial score (nSPS) is 14.8. The molecule has 11 heteroatoms. The van der Waals surface area contributed by atoms with E-state index in [-0.39, 0.29) is 13.2 Å². The number of thiocarbonyl (C=S) groups is 1. The van der Waals surface area contributed by atoms with Crippen molar-refractivity contribution >= 4 is 57.9 Å². The van der Waals surface area contributed by atoms with Crippen LogP contribution in [0.3, 0.4) is 0 Å². The molecule has 1 aliphatic heterocycles. The van der Waals surface area contributed by atoms with Gasteiger partial charge in [-0.25, -0.2) is 10.2 Å². The summed E-state index contributed by atoms with van der Waals surface area (Å²) in [7, 11) is 0. The maximum Gasteiger partial charge on any atom is 0.338 e. The Balaban J connectivity index is 1.30. The molecule has 9 nitrogen and oxygen atoms in total. The number of ether oxygens (including phenoxy) is 2. The van der Waals surface area contributed by atoms with Crippen LogP contribution in [0.2, 0.25) is 5.02 Å². The van der Waals surface area contributed by atoms with Gasteiger partial charge in [0.1, 0.15) is 5.75 Å². The first-order valence-electron chi connectivity index (χ1n) is 14.1. The van der Waals surface area contributed by atoms with E-state index in [4.69, 9.17) is 33.3 Å². The number of carbonyl (C=O) groups excluding carboxylic acids is 2. The smallest absolute Gasteiger partial charge is 0.338 e. The van der Waals surface area contributed by atoms with Gasteiger partial charge in [0, 0.05) is 45.0 Å². The Morgan fingerprint density at radius 2 is 1.80 bits per heavy atom. The Kier molecular flexibility index (Phi) is 9.62. The minimum atomic E-state index is -0.619. The predicted molar refractivity (Wildman–Crippen MR) is 176 cm³/mol. The van der Waals surface area contributed by atoms with Crippen LogP contribution in [0.15, 0.2) is 89.2 Å². The van der Waals surface area contributed by atoms with Crippen LogP contribution in [0, 0.1) is 6.92 Å². The number of hydrazone groups is 1. The van der Waals surface area contributed by atoms with Gasteiger partial charge in [-0.2, -0.15) is 5.10 Å². The zero-order valence-corrected chi connectivity index (χ0v) is 26.1. The van der Waals surface area contributed by atoms with Gasteiger partial charge >= 0.3 is 5.97 Å². The topological polar surface area (TPSA) is 106 Å². The van der Waals surface area contributed by atoms with E-state index in [1.54, 1.807) is 32.2 Å². The van der Waals surface area contributed by atoms with Crippen LogP contribution in [-0.4, -0.2) is 41.0 Å². The highest BCUT2D eigenvalue weighted by Gasteiger charge is 2.32. The summed E-state index contributed by atoms with van der Waals surface area (Å²) >= 11 is 11.8. The zero-order chi connectivity index (χ0) is 31.2. The number of rotatable bonds is 10. The number of aromatic nitrogens is 1. The van der Waals surface area contributed by atoms with Gasteiger partial charge in [-0.15, -0.1) is 0 Å². The molecule has 1 atom stereocenters. The number of carbonyl (C=O) groups is 2. The van der Waals surface area contributed by atoms with Crippen LogP contribution >= 0.6 is 23.8 Å². The number of fused-ring (bicyclic) bond motifs is 1. The summed E-state index contributed by atoms with van der Waals surface area (Å²) in [5.74, 6) is -0.496. The summed E-state index contributed by atoms with van der Waals surface area (Å²) in [5, 5.41) is 12.4. The van der Waals surface area contributed by atoms with Crippen LogP contribution in [0.1, 0.15) is 42.3 Å². The van der Waals surface area contributed by atoms with Crippen LogP contribution in [0.5, 0.6) is 5.75 Å². The SMILES string of the molecule is CCOC(=O)C1=C(C)NC(=S)N[C@@H]1c1ccccc1OCC(=O)NN=Cc1c(C)n(Cc2ccccc2Cl)c2ccccc12. The maximum absolute atomic E-state index is 12.8. The molecule has 2 heterocycles. The Morgan fingerprint density at radius 1 is 1.07 bits per heavy atom. The Hall–Kier alpha value is -4.67. The molecule has 0 fully saturated rings. The highest BCUT2D eigenvalue weighted by atomic mass is 35.5. The third-order valence-corrected chi connectivity index (χ3v) is 7.89. The number of amides is 1. The molecule has 1 amide bonds. The van der Waals surface area contributed by atoms with E-state index < -0.39 is 17.9 Å². The number of halogens is 1. The molecule has 0 saturated heterocycles. The van der Waals surface area contributed by atoms with Crippen molar-refractivity contribution in [2.75, 3.05) is 13.2 Å². The first-order chi connectivity index (χ1) is 21.3. The van der Waals surface area contributed by atoms with E-state index >= 15 is 0 Å². The standard InChI is InChI=1S/C33H32ClN5O4S/c1-4-42-32(41)30-20(2)36-33(44)37-31(30)24-13-7-10-16-28(24)43-19-29(40)38-35-17-25-21(3)39(27-15-9-6-12-23(25)27)18-22-11-5-8-14-26(22)34/h5-17,31H,4,18-19H2,1-3H3,(H,38,40)(H2,36,37,44)/t31-/m1/s1. The number of benzene rings is 3. The molecule has 5 rings (SSSR count). The van der Waals surface area contributed by atoms with Gasteiger partial charge in [0.15, 0.2) is 11.7 Å². The summed E-state index contributed by atoms with van der Waals surface area (Å²) < 4.78 is 13.4. The van der Waals surface area contributed by atoms with Crippen molar-refractivity contribution in [2.24, 2.45) is 5.10 Å². The average Bonchev–Trinajstić information content (AvgIpc) is 3.27. The molecular weight excluding hydrogens is 598 g/mol. The molecule has 0 spiro atoms. The van der Waals surface area contributed by atoms with E-state index in [0.29, 0.717) is 39.3 Å².